The Bertz CT molecular complexity index is 1000. The van der Waals surface area contributed by atoms with Gasteiger partial charge >= 0.3 is 0 Å². The Morgan fingerprint density at radius 3 is 2.48 bits per heavy atom. The minimum atomic E-state index is 0.156. The topological polar surface area (TPSA) is 73.1 Å². The van der Waals surface area contributed by atoms with Crippen molar-refractivity contribution in [1.29, 1.82) is 0 Å². The molecule has 5 rings (SSSR count). The van der Waals surface area contributed by atoms with Crippen LogP contribution in [0.2, 0.25) is 0 Å². The van der Waals surface area contributed by atoms with Crippen molar-refractivity contribution in [3.05, 3.63) is 49.1 Å². The molecule has 29 heavy (non-hydrogen) atoms. The van der Waals surface area contributed by atoms with Gasteiger partial charge in [0, 0.05) is 30.1 Å². The highest BCUT2D eigenvalue weighted by molar-refractivity contribution is 5.68. The van der Waals surface area contributed by atoms with E-state index in [1.54, 1.807) is 18.6 Å². The normalized spacial score (nSPS) is 28.4. The maximum atomic E-state index is 10.5. The molecule has 3 atom stereocenters. The molecular weight excluding hydrogens is 364 g/mol. The summed E-state index contributed by atoms with van der Waals surface area (Å²) in [7, 11) is 0. The van der Waals surface area contributed by atoms with Crippen LogP contribution in [0.5, 0.6) is 11.6 Å². The first-order valence-electron chi connectivity index (χ1n) is 10.2. The van der Waals surface area contributed by atoms with E-state index in [0.717, 1.165) is 18.5 Å². The number of fused-ring (bicyclic) bond motifs is 2. The lowest BCUT2D eigenvalue weighted by molar-refractivity contribution is 0.0401. The minimum absolute atomic E-state index is 0.156. The van der Waals surface area contributed by atoms with Gasteiger partial charge in [-0.3, -0.25) is 0 Å². The molecule has 2 bridgehead atoms. The van der Waals surface area contributed by atoms with Gasteiger partial charge in [-0.2, -0.15) is 0 Å². The van der Waals surface area contributed by atoms with Crippen LogP contribution in [0.4, 0.5) is 0 Å². The van der Waals surface area contributed by atoms with E-state index in [9.17, 15) is 5.11 Å². The lowest BCUT2D eigenvalue weighted by Gasteiger charge is -2.39. The molecule has 2 heterocycles. The van der Waals surface area contributed by atoms with Crippen LogP contribution in [0.15, 0.2) is 49.1 Å². The predicted octanol–water partition coefficient (Wildman–Crippen LogP) is 4.77. The summed E-state index contributed by atoms with van der Waals surface area (Å²) >= 11 is 0. The standard InChI is InChI=1S/C23H26N4O2/c1-22-7-8-23(2,14-22)13-17(12-22)29-21-6-5-19(25-26-21)18-4-3-16(11-20(18)28)27-10-9-24-15-27/h3-6,9-11,15,17,28H,7-8,12-14H2,1-2H3/t17?,22-,23+. The molecule has 0 radical (unpaired) electrons. The lowest BCUT2D eigenvalue weighted by Crippen LogP contribution is -2.36. The van der Waals surface area contributed by atoms with Gasteiger partial charge in [-0.05, 0) is 61.1 Å². The predicted molar refractivity (Wildman–Crippen MR) is 110 cm³/mol. The van der Waals surface area contributed by atoms with Crippen molar-refractivity contribution < 1.29 is 9.84 Å². The highest BCUT2D eigenvalue weighted by Crippen LogP contribution is 2.58. The zero-order chi connectivity index (χ0) is 20.1. The smallest absolute Gasteiger partial charge is 0.233 e. The van der Waals surface area contributed by atoms with E-state index in [-0.39, 0.29) is 11.9 Å². The number of benzene rings is 1. The first-order chi connectivity index (χ1) is 13.9. The van der Waals surface area contributed by atoms with Crippen molar-refractivity contribution in [3.8, 4) is 28.6 Å². The summed E-state index contributed by atoms with van der Waals surface area (Å²) in [6.45, 7) is 4.78. The van der Waals surface area contributed by atoms with Crippen LogP contribution in [0.25, 0.3) is 16.9 Å². The number of hydrogen-bond donors (Lipinski definition) is 1. The second kappa shape index (κ2) is 6.58. The fourth-order valence-electron chi connectivity index (χ4n) is 5.42. The van der Waals surface area contributed by atoms with Crippen LogP contribution in [0.3, 0.4) is 0 Å². The van der Waals surface area contributed by atoms with Crippen LogP contribution >= 0.6 is 0 Å². The highest BCUT2D eigenvalue weighted by atomic mass is 16.5. The number of aromatic nitrogens is 4. The van der Waals surface area contributed by atoms with Gasteiger partial charge in [0.1, 0.15) is 11.9 Å². The third-order valence-corrected chi connectivity index (χ3v) is 6.61. The van der Waals surface area contributed by atoms with Crippen molar-refractivity contribution in [2.24, 2.45) is 10.8 Å². The van der Waals surface area contributed by atoms with E-state index in [2.05, 4.69) is 29.0 Å². The van der Waals surface area contributed by atoms with Gasteiger partial charge in [0.2, 0.25) is 5.88 Å². The number of imidazole rings is 1. The molecule has 3 aromatic rings. The molecule has 1 aromatic carbocycles. The average Bonchev–Trinajstić information content (AvgIpc) is 3.28. The Kier molecular flexibility index (Phi) is 4.12. The van der Waals surface area contributed by atoms with Crippen LogP contribution < -0.4 is 4.74 Å². The van der Waals surface area contributed by atoms with E-state index in [0.29, 0.717) is 28.0 Å². The Hall–Kier alpha value is -2.89. The molecular formula is C23H26N4O2. The summed E-state index contributed by atoms with van der Waals surface area (Å²) in [5, 5.41) is 19.0. The van der Waals surface area contributed by atoms with Crippen molar-refractivity contribution in [1.82, 2.24) is 19.7 Å². The van der Waals surface area contributed by atoms with E-state index < -0.39 is 0 Å². The largest absolute Gasteiger partial charge is 0.507 e. The van der Waals surface area contributed by atoms with Crippen LogP contribution in [-0.2, 0) is 0 Å². The van der Waals surface area contributed by atoms with Crippen molar-refractivity contribution in [3.63, 3.8) is 0 Å². The van der Waals surface area contributed by atoms with E-state index in [4.69, 9.17) is 4.74 Å². The number of phenolic OH excluding ortho intramolecular Hbond substituents is 1. The molecule has 1 N–H and O–H groups in total. The first kappa shape index (κ1) is 18.2. The monoisotopic (exact) mass is 390 g/mol. The number of nitrogens with zero attached hydrogens (tertiary/aromatic N) is 4. The third kappa shape index (κ3) is 3.48. The molecule has 2 saturated carbocycles. The lowest BCUT2D eigenvalue weighted by atomic mass is 9.69. The fourth-order valence-corrected chi connectivity index (χ4v) is 5.42. The van der Waals surface area contributed by atoms with Crippen LogP contribution in [0, 0.1) is 10.8 Å². The molecule has 0 saturated heterocycles. The summed E-state index contributed by atoms with van der Waals surface area (Å²) in [6.07, 6.45) is 11.5. The zero-order valence-corrected chi connectivity index (χ0v) is 16.9. The average molecular weight is 390 g/mol. The molecule has 2 aliphatic rings. The Morgan fingerprint density at radius 2 is 1.86 bits per heavy atom. The Labute approximate surface area is 170 Å². The van der Waals surface area contributed by atoms with Gasteiger partial charge in [0.05, 0.1) is 17.7 Å². The molecule has 1 unspecified atom stereocenters. The molecule has 2 aromatic heterocycles. The third-order valence-electron chi connectivity index (χ3n) is 6.61. The fraction of sp³-hybridized carbons (Fsp3) is 0.435. The second-order valence-electron chi connectivity index (χ2n) is 9.37. The number of aromatic hydroxyl groups is 1. The summed E-state index contributed by atoms with van der Waals surface area (Å²) in [6, 6.07) is 9.17. The summed E-state index contributed by atoms with van der Waals surface area (Å²) in [5.41, 5.74) is 2.89. The number of rotatable bonds is 4. The van der Waals surface area contributed by atoms with Gasteiger partial charge in [-0.1, -0.05) is 13.8 Å². The second-order valence-corrected chi connectivity index (χ2v) is 9.37. The van der Waals surface area contributed by atoms with E-state index in [1.807, 2.05) is 35.0 Å². The van der Waals surface area contributed by atoms with Crippen molar-refractivity contribution in [2.45, 2.75) is 52.1 Å². The van der Waals surface area contributed by atoms with E-state index >= 15 is 0 Å². The molecule has 150 valence electrons. The number of hydrogen-bond acceptors (Lipinski definition) is 5. The van der Waals surface area contributed by atoms with Gasteiger partial charge in [-0.25, -0.2) is 4.98 Å². The SMILES string of the molecule is C[C@]12CC[C@](C)(CC(Oc3ccc(-c4ccc(-n5ccnc5)cc4O)nn3)C1)C2. The maximum Gasteiger partial charge on any atom is 0.233 e. The molecule has 2 fully saturated rings. The highest BCUT2D eigenvalue weighted by Gasteiger charge is 2.49. The molecule has 6 heteroatoms. The molecule has 0 aliphatic heterocycles. The molecule has 0 amide bonds. The van der Waals surface area contributed by atoms with Crippen molar-refractivity contribution >= 4 is 0 Å². The molecule has 0 spiro atoms. The van der Waals surface area contributed by atoms with Crippen LogP contribution in [-0.4, -0.2) is 31.0 Å². The summed E-state index contributed by atoms with van der Waals surface area (Å²) in [4.78, 5) is 4.03. The van der Waals surface area contributed by atoms with Crippen LogP contribution in [0.1, 0.15) is 46.0 Å². The Balaban J connectivity index is 1.32. The number of phenols is 1. The van der Waals surface area contributed by atoms with Crippen molar-refractivity contribution in [2.75, 3.05) is 0 Å². The zero-order valence-electron chi connectivity index (χ0n) is 16.9. The maximum absolute atomic E-state index is 10.5. The summed E-state index contributed by atoms with van der Waals surface area (Å²) in [5.74, 6) is 0.714. The quantitative estimate of drug-likeness (QED) is 0.694. The molecule has 6 nitrogen and oxygen atoms in total. The van der Waals surface area contributed by atoms with Gasteiger partial charge in [-0.15, -0.1) is 10.2 Å². The first-order valence-corrected chi connectivity index (χ1v) is 10.2. The minimum Gasteiger partial charge on any atom is -0.507 e. The summed E-state index contributed by atoms with van der Waals surface area (Å²) < 4.78 is 8.05. The van der Waals surface area contributed by atoms with Gasteiger partial charge in [0.15, 0.2) is 0 Å². The van der Waals surface area contributed by atoms with Gasteiger partial charge < -0.3 is 14.4 Å². The number of ether oxygens (including phenoxy) is 1. The van der Waals surface area contributed by atoms with Gasteiger partial charge in [0.25, 0.3) is 0 Å². The van der Waals surface area contributed by atoms with E-state index in [1.165, 1.54) is 19.3 Å². The Morgan fingerprint density at radius 1 is 1.07 bits per heavy atom. The molecule has 2 aliphatic carbocycles.